The molecule has 0 heterocycles. The van der Waals surface area contributed by atoms with Gasteiger partial charge in [0, 0.05) is 5.41 Å². The highest BCUT2D eigenvalue weighted by Crippen LogP contribution is 2.34. The fourth-order valence-corrected chi connectivity index (χ4v) is 2.78. The van der Waals surface area contributed by atoms with Crippen LogP contribution in [-0.2, 0) is 5.41 Å². The van der Waals surface area contributed by atoms with Gasteiger partial charge in [0.2, 0.25) is 0 Å². The number of allylic oxidation sites excluding steroid dienone is 2. The molecule has 0 aliphatic carbocycles. The van der Waals surface area contributed by atoms with E-state index in [-0.39, 0.29) is 5.41 Å². The molecule has 0 aliphatic rings. The molecule has 0 saturated carbocycles. The number of rotatable bonds is 5. The maximum absolute atomic E-state index is 4.22. The van der Waals surface area contributed by atoms with E-state index in [4.69, 9.17) is 0 Å². The molecule has 0 saturated heterocycles. The van der Waals surface area contributed by atoms with Crippen molar-refractivity contribution in [1.29, 1.82) is 0 Å². The highest BCUT2D eigenvalue weighted by atomic mass is 14.3. The monoisotopic (exact) mass is 290 g/mol. The molecule has 0 unspecified atom stereocenters. The molecule has 0 fully saturated rings. The van der Waals surface area contributed by atoms with E-state index in [2.05, 4.69) is 95.0 Å². The predicted molar refractivity (Wildman–Crippen MR) is 98.2 cm³/mol. The molecular weight excluding hydrogens is 264 g/mol. The number of hydrogen-bond donors (Lipinski definition) is 0. The van der Waals surface area contributed by atoms with Crippen LogP contribution >= 0.6 is 0 Å². The second-order valence-electron chi connectivity index (χ2n) is 6.44. The predicted octanol–water partition coefficient (Wildman–Crippen LogP) is 6.24. The third-order valence-electron chi connectivity index (χ3n) is 4.60. The lowest BCUT2D eigenvalue weighted by Gasteiger charge is -2.30. The van der Waals surface area contributed by atoms with Crippen LogP contribution in [0.15, 0.2) is 66.8 Å². The van der Waals surface area contributed by atoms with Crippen LogP contribution in [0.2, 0.25) is 0 Å². The largest absolute Gasteiger partial charge is 0.0992 e. The molecule has 0 amide bonds. The molecule has 1 atom stereocenters. The molecule has 0 nitrogen and oxygen atoms in total. The summed E-state index contributed by atoms with van der Waals surface area (Å²) in [5.74, 6) is 0. The van der Waals surface area contributed by atoms with E-state index in [0.717, 1.165) is 6.42 Å². The van der Waals surface area contributed by atoms with Gasteiger partial charge in [-0.2, -0.15) is 0 Å². The van der Waals surface area contributed by atoms with Gasteiger partial charge in [-0.1, -0.05) is 85.3 Å². The van der Waals surface area contributed by atoms with Gasteiger partial charge in [0.1, 0.15) is 0 Å². The second-order valence-corrected chi connectivity index (χ2v) is 6.44. The van der Waals surface area contributed by atoms with E-state index in [1.54, 1.807) is 0 Å². The van der Waals surface area contributed by atoms with Gasteiger partial charge in [-0.05, 0) is 43.9 Å². The minimum absolute atomic E-state index is 0.0175. The first kappa shape index (κ1) is 16.3. The molecule has 0 N–H and O–H groups in total. The van der Waals surface area contributed by atoms with Gasteiger partial charge in [0.05, 0.1) is 0 Å². The van der Waals surface area contributed by atoms with Crippen molar-refractivity contribution in [2.75, 3.05) is 0 Å². The maximum Gasteiger partial charge on any atom is 0.0162 e. The first-order valence-corrected chi connectivity index (χ1v) is 7.89. The summed E-state index contributed by atoms with van der Waals surface area (Å²) in [6.45, 7) is 12.9. The summed E-state index contributed by atoms with van der Waals surface area (Å²) in [6, 6.07) is 17.3. The van der Waals surface area contributed by atoms with E-state index in [9.17, 15) is 0 Å². The minimum Gasteiger partial charge on any atom is -0.0992 e. The summed E-state index contributed by atoms with van der Waals surface area (Å²) in [5, 5.41) is 0. The van der Waals surface area contributed by atoms with Crippen molar-refractivity contribution in [3.8, 4) is 0 Å². The van der Waals surface area contributed by atoms with Crippen LogP contribution < -0.4 is 0 Å². The summed E-state index contributed by atoms with van der Waals surface area (Å²) >= 11 is 0. The first-order valence-electron chi connectivity index (χ1n) is 7.89. The molecular formula is C22H26. The van der Waals surface area contributed by atoms with Gasteiger partial charge >= 0.3 is 0 Å². The highest BCUT2D eigenvalue weighted by molar-refractivity contribution is 5.54. The number of benzene rings is 2. The van der Waals surface area contributed by atoms with Crippen molar-refractivity contribution in [2.45, 2.75) is 39.5 Å². The van der Waals surface area contributed by atoms with Gasteiger partial charge in [-0.25, -0.2) is 0 Å². The molecule has 0 aliphatic heterocycles. The summed E-state index contributed by atoms with van der Waals surface area (Å²) in [4.78, 5) is 0. The molecule has 114 valence electrons. The van der Waals surface area contributed by atoms with Crippen molar-refractivity contribution in [1.82, 2.24) is 0 Å². The summed E-state index contributed by atoms with van der Waals surface area (Å²) < 4.78 is 0. The Hall–Kier alpha value is -2.08. The summed E-state index contributed by atoms with van der Waals surface area (Å²) in [6.07, 6.45) is 5.47. The normalized spacial score (nSPS) is 14.0. The van der Waals surface area contributed by atoms with Gasteiger partial charge in [-0.3, -0.25) is 0 Å². The van der Waals surface area contributed by atoms with Crippen LogP contribution in [0.1, 0.15) is 42.5 Å². The zero-order valence-electron chi connectivity index (χ0n) is 14.2. The van der Waals surface area contributed by atoms with Crippen LogP contribution in [0.3, 0.4) is 0 Å². The zero-order chi connectivity index (χ0) is 16.2. The van der Waals surface area contributed by atoms with Crippen molar-refractivity contribution in [3.63, 3.8) is 0 Å². The second kappa shape index (κ2) is 6.79. The summed E-state index contributed by atoms with van der Waals surface area (Å²) in [7, 11) is 0. The number of aryl methyl sites for hydroxylation is 2. The van der Waals surface area contributed by atoms with Crippen LogP contribution in [0.4, 0.5) is 0 Å². The van der Waals surface area contributed by atoms with Gasteiger partial charge in [0.15, 0.2) is 0 Å². The van der Waals surface area contributed by atoms with E-state index >= 15 is 0 Å². The van der Waals surface area contributed by atoms with Crippen molar-refractivity contribution in [2.24, 2.45) is 0 Å². The van der Waals surface area contributed by atoms with Gasteiger partial charge in [0.25, 0.3) is 0 Å². The molecule has 22 heavy (non-hydrogen) atoms. The average Bonchev–Trinajstić information content (AvgIpc) is 2.50. The Morgan fingerprint density at radius 3 is 2.36 bits per heavy atom. The van der Waals surface area contributed by atoms with Crippen molar-refractivity contribution in [3.05, 3.63) is 89.0 Å². The highest BCUT2D eigenvalue weighted by Gasteiger charge is 2.25. The Labute approximate surface area is 135 Å². The Morgan fingerprint density at radius 1 is 1.09 bits per heavy atom. The quantitative estimate of drug-likeness (QED) is 0.572. The average molecular weight is 290 g/mol. The van der Waals surface area contributed by atoms with Gasteiger partial charge in [-0.15, -0.1) is 0 Å². The Morgan fingerprint density at radius 2 is 1.77 bits per heavy atom. The molecule has 2 aromatic rings. The Balaban J connectivity index is 2.23. The molecule has 0 heteroatoms. The lowest BCUT2D eigenvalue weighted by atomic mass is 9.74. The molecule has 2 rings (SSSR count). The van der Waals surface area contributed by atoms with Crippen LogP contribution in [0.25, 0.3) is 6.08 Å². The van der Waals surface area contributed by atoms with E-state index in [1.807, 2.05) is 0 Å². The Bertz CT molecular complexity index is 676. The van der Waals surface area contributed by atoms with Crippen LogP contribution in [0.5, 0.6) is 0 Å². The molecule has 2 aromatic carbocycles. The number of hydrogen-bond acceptors (Lipinski definition) is 0. The lowest BCUT2D eigenvalue weighted by Crippen LogP contribution is -2.22. The fourth-order valence-electron chi connectivity index (χ4n) is 2.78. The lowest BCUT2D eigenvalue weighted by molar-refractivity contribution is 0.569. The van der Waals surface area contributed by atoms with Crippen LogP contribution in [0, 0.1) is 13.8 Å². The summed E-state index contributed by atoms with van der Waals surface area (Å²) in [5.41, 5.74) is 6.44. The smallest absolute Gasteiger partial charge is 0.0162 e. The molecule has 0 bridgehead atoms. The Kier molecular flexibility index (Phi) is 5.03. The SMILES string of the molecule is C=C(C)[C@@](C)(C/C=C/c1ccc(C)cc1C)c1ccccc1. The standard InChI is InChI=1S/C22H26/c1-17(2)22(5,21-11-7-6-8-12-21)15-9-10-20-14-13-18(3)16-19(20)4/h6-14,16H,1,15H2,2-5H3/b10-9+/t22-/m1/s1. The van der Waals surface area contributed by atoms with Crippen molar-refractivity contribution < 1.29 is 0 Å². The fraction of sp³-hybridized carbons (Fsp3) is 0.273. The minimum atomic E-state index is -0.0175. The molecule has 0 radical (unpaired) electrons. The molecule has 0 aromatic heterocycles. The maximum atomic E-state index is 4.22. The van der Waals surface area contributed by atoms with E-state index in [0.29, 0.717) is 0 Å². The van der Waals surface area contributed by atoms with Crippen LogP contribution in [-0.4, -0.2) is 0 Å². The van der Waals surface area contributed by atoms with Crippen molar-refractivity contribution >= 4 is 6.08 Å². The first-order chi connectivity index (χ1) is 10.4. The van der Waals surface area contributed by atoms with E-state index < -0.39 is 0 Å². The van der Waals surface area contributed by atoms with E-state index in [1.165, 1.54) is 27.8 Å². The zero-order valence-corrected chi connectivity index (χ0v) is 14.2. The third-order valence-corrected chi connectivity index (χ3v) is 4.60. The third kappa shape index (κ3) is 3.57. The van der Waals surface area contributed by atoms with Gasteiger partial charge < -0.3 is 0 Å². The topological polar surface area (TPSA) is 0 Å². The molecule has 0 spiro atoms.